The average Bonchev–Trinajstić information content (AvgIpc) is 1.85. The Morgan fingerprint density at radius 1 is 1.17 bits per heavy atom. The molecule has 0 radical (unpaired) electrons. The summed E-state index contributed by atoms with van der Waals surface area (Å²) in [7, 11) is -2.34. The molecule has 0 aromatic rings. The SMILES string of the molecule is CCO[Si](Cl)(CC(C)C)OCC. The normalized spacial score (nSPS) is 12.5. The van der Waals surface area contributed by atoms with Crippen LogP contribution in [-0.2, 0) is 8.85 Å². The summed E-state index contributed by atoms with van der Waals surface area (Å²) in [5, 5.41) is 0. The molecule has 0 unspecified atom stereocenters. The molecule has 0 rings (SSSR count). The topological polar surface area (TPSA) is 18.5 Å². The summed E-state index contributed by atoms with van der Waals surface area (Å²) >= 11 is 6.23. The molecule has 0 aromatic carbocycles. The van der Waals surface area contributed by atoms with E-state index in [-0.39, 0.29) is 0 Å². The van der Waals surface area contributed by atoms with Crippen molar-refractivity contribution >= 4 is 18.9 Å². The minimum absolute atomic E-state index is 0.535. The van der Waals surface area contributed by atoms with E-state index in [1.807, 2.05) is 13.8 Å². The molecule has 0 atom stereocenters. The average molecular weight is 211 g/mol. The van der Waals surface area contributed by atoms with Crippen molar-refractivity contribution < 1.29 is 8.85 Å². The fourth-order valence-electron chi connectivity index (χ4n) is 1.08. The predicted molar refractivity (Wildman–Crippen MR) is 54.5 cm³/mol. The van der Waals surface area contributed by atoms with Crippen LogP contribution in [0.2, 0.25) is 6.04 Å². The summed E-state index contributed by atoms with van der Waals surface area (Å²) in [6.07, 6.45) is 0. The lowest BCUT2D eigenvalue weighted by atomic mass is 10.3. The number of hydrogen-bond acceptors (Lipinski definition) is 2. The molecule has 2 nitrogen and oxygen atoms in total. The lowest BCUT2D eigenvalue weighted by Gasteiger charge is -2.24. The molecule has 4 heteroatoms. The van der Waals surface area contributed by atoms with Crippen LogP contribution in [0, 0.1) is 5.92 Å². The van der Waals surface area contributed by atoms with Gasteiger partial charge in [-0.15, -0.1) is 0 Å². The molecule has 0 spiro atoms. The second-order valence-corrected chi connectivity index (χ2v) is 7.16. The van der Waals surface area contributed by atoms with Crippen LogP contribution in [0.15, 0.2) is 0 Å². The molecule has 0 heterocycles. The molecule has 0 aromatic heterocycles. The van der Waals surface area contributed by atoms with Crippen LogP contribution in [0.4, 0.5) is 0 Å². The first kappa shape index (κ1) is 12.4. The summed E-state index contributed by atoms with van der Waals surface area (Å²) in [6.45, 7) is 9.43. The first-order valence-electron chi connectivity index (χ1n) is 4.51. The Balaban J connectivity index is 3.98. The first-order chi connectivity index (χ1) is 5.54. The van der Waals surface area contributed by atoms with Gasteiger partial charge in [0.2, 0.25) is 0 Å². The van der Waals surface area contributed by atoms with Crippen molar-refractivity contribution in [2.75, 3.05) is 13.2 Å². The van der Waals surface area contributed by atoms with E-state index < -0.39 is 7.87 Å². The van der Waals surface area contributed by atoms with Crippen LogP contribution in [0.5, 0.6) is 0 Å². The third kappa shape index (κ3) is 5.14. The summed E-state index contributed by atoms with van der Waals surface area (Å²) in [4.78, 5) is 0. The summed E-state index contributed by atoms with van der Waals surface area (Å²) < 4.78 is 10.9. The van der Waals surface area contributed by atoms with Gasteiger partial charge in [-0.3, -0.25) is 0 Å². The highest BCUT2D eigenvalue weighted by atomic mass is 35.6. The number of hydrogen-bond donors (Lipinski definition) is 0. The zero-order chi connectivity index (χ0) is 9.61. The highest BCUT2D eigenvalue weighted by Crippen LogP contribution is 2.23. The van der Waals surface area contributed by atoms with Gasteiger partial charge in [0.15, 0.2) is 0 Å². The zero-order valence-electron chi connectivity index (χ0n) is 8.39. The summed E-state index contributed by atoms with van der Waals surface area (Å²) in [6, 6.07) is 0.857. The van der Waals surface area contributed by atoms with Gasteiger partial charge < -0.3 is 8.85 Å². The van der Waals surface area contributed by atoms with E-state index in [9.17, 15) is 0 Å². The maximum absolute atomic E-state index is 6.23. The quantitative estimate of drug-likeness (QED) is 0.496. The molecule has 0 fully saturated rings. The van der Waals surface area contributed by atoms with Gasteiger partial charge >= 0.3 is 7.87 Å². The van der Waals surface area contributed by atoms with Crippen LogP contribution in [0.1, 0.15) is 27.7 Å². The second kappa shape index (κ2) is 5.97. The van der Waals surface area contributed by atoms with Crippen LogP contribution >= 0.6 is 11.1 Å². The molecular formula is C8H19ClO2Si. The molecule has 0 N–H and O–H groups in total. The fourth-order valence-corrected chi connectivity index (χ4v) is 4.82. The number of rotatable bonds is 6. The molecular weight excluding hydrogens is 192 g/mol. The van der Waals surface area contributed by atoms with Gasteiger partial charge in [0, 0.05) is 19.3 Å². The van der Waals surface area contributed by atoms with E-state index in [2.05, 4.69) is 13.8 Å². The van der Waals surface area contributed by atoms with Gasteiger partial charge in [-0.1, -0.05) is 24.9 Å². The summed E-state index contributed by atoms with van der Waals surface area (Å²) in [5.74, 6) is 0.535. The Morgan fingerprint density at radius 2 is 1.58 bits per heavy atom. The van der Waals surface area contributed by atoms with Crippen LogP contribution < -0.4 is 0 Å². The van der Waals surface area contributed by atoms with E-state index >= 15 is 0 Å². The molecule has 0 amide bonds. The van der Waals surface area contributed by atoms with E-state index in [0.717, 1.165) is 6.04 Å². The van der Waals surface area contributed by atoms with Gasteiger partial charge in [0.05, 0.1) is 0 Å². The van der Waals surface area contributed by atoms with Crippen molar-refractivity contribution in [3.8, 4) is 0 Å². The predicted octanol–water partition coefficient (Wildman–Crippen LogP) is 2.89. The van der Waals surface area contributed by atoms with Crippen molar-refractivity contribution in [3.05, 3.63) is 0 Å². The molecule has 0 aliphatic carbocycles. The van der Waals surface area contributed by atoms with Crippen LogP contribution in [0.25, 0.3) is 0 Å². The molecule has 0 aliphatic heterocycles. The van der Waals surface area contributed by atoms with Crippen molar-refractivity contribution in [1.82, 2.24) is 0 Å². The largest absolute Gasteiger partial charge is 0.443 e. The smallest absolute Gasteiger partial charge is 0.383 e. The van der Waals surface area contributed by atoms with E-state index in [4.69, 9.17) is 19.9 Å². The molecule has 0 bridgehead atoms. The van der Waals surface area contributed by atoms with Crippen LogP contribution in [-0.4, -0.2) is 21.1 Å². The van der Waals surface area contributed by atoms with Crippen molar-refractivity contribution in [3.63, 3.8) is 0 Å². The Hall–Kier alpha value is 0.427. The van der Waals surface area contributed by atoms with E-state index in [1.165, 1.54) is 0 Å². The number of halogens is 1. The Labute approximate surface area is 81.2 Å². The minimum Gasteiger partial charge on any atom is -0.383 e. The van der Waals surface area contributed by atoms with E-state index in [1.54, 1.807) is 0 Å². The van der Waals surface area contributed by atoms with Crippen LogP contribution in [0.3, 0.4) is 0 Å². The Kier molecular flexibility index (Phi) is 6.18. The highest BCUT2D eigenvalue weighted by Gasteiger charge is 2.35. The molecule has 0 aliphatic rings. The molecule has 12 heavy (non-hydrogen) atoms. The monoisotopic (exact) mass is 210 g/mol. The second-order valence-electron chi connectivity index (χ2n) is 3.12. The molecule has 0 saturated carbocycles. The lowest BCUT2D eigenvalue weighted by molar-refractivity contribution is 0.199. The molecule has 0 saturated heterocycles. The van der Waals surface area contributed by atoms with Crippen molar-refractivity contribution in [2.45, 2.75) is 33.7 Å². The van der Waals surface area contributed by atoms with Crippen molar-refractivity contribution in [2.24, 2.45) is 5.92 Å². The van der Waals surface area contributed by atoms with Gasteiger partial charge in [-0.25, -0.2) is 0 Å². The van der Waals surface area contributed by atoms with Gasteiger partial charge in [0.1, 0.15) is 0 Å². The zero-order valence-corrected chi connectivity index (χ0v) is 10.1. The summed E-state index contributed by atoms with van der Waals surface area (Å²) in [5.41, 5.74) is 0. The maximum Gasteiger partial charge on any atom is 0.443 e. The lowest BCUT2D eigenvalue weighted by Crippen LogP contribution is -2.37. The third-order valence-corrected chi connectivity index (χ3v) is 5.23. The Morgan fingerprint density at radius 3 is 1.83 bits per heavy atom. The highest BCUT2D eigenvalue weighted by molar-refractivity contribution is 7.13. The fraction of sp³-hybridized carbons (Fsp3) is 1.00. The standard InChI is InChI=1S/C8H19ClO2Si/c1-5-10-12(9,11-6-2)7-8(3)4/h8H,5-7H2,1-4H3. The minimum atomic E-state index is -2.34. The van der Waals surface area contributed by atoms with Gasteiger partial charge in [0.25, 0.3) is 0 Å². The first-order valence-corrected chi connectivity index (χ1v) is 7.54. The maximum atomic E-state index is 6.23. The van der Waals surface area contributed by atoms with Crippen molar-refractivity contribution in [1.29, 1.82) is 0 Å². The van der Waals surface area contributed by atoms with Gasteiger partial charge in [-0.2, -0.15) is 0 Å². The molecule has 74 valence electrons. The Bertz CT molecular complexity index is 114. The third-order valence-electron chi connectivity index (χ3n) is 1.37. The van der Waals surface area contributed by atoms with Gasteiger partial charge in [-0.05, 0) is 19.8 Å². The van der Waals surface area contributed by atoms with E-state index in [0.29, 0.717) is 19.1 Å².